The number of hydrogen-bond acceptors (Lipinski definition) is 5. The van der Waals surface area contributed by atoms with Gasteiger partial charge in [0.15, 0.2) is 6.61 Å². The third-order valence-corrected chi connectivity index (χ3v) is 4.71. The Bertz CT molecular complexity index is 1280. The van der Waals surface area contributed by atoms with Crippen molar-refractivity contribution in [3.05, 3.63) is 93.8 Å². The molecule has 156 valence electrons. The minimum absolute atomic E-state index is 0.0902. The lowest BCUT2D eigenvalue weighted by Gasteiger charge is -2.09. The Labute approximate surface area is 183 Å². The number of anilines is 1. The number of carbonyl (C=O) groups excluding carboxylic acids is 1. The second kappa shape index (κ2) is 8.93. The van der Waals surface area contributed by atoms with Crippen LogP contribution in [0.25, 0.3) is 11.0 Å². The third kappa shape index (κ3) is 5.05. The van der Waals surface area contributed by atoms with E-state index < -0.39 is 0 Å². The number of fused-ring (bicyclic) bond motifs is 1. The van der Waals surface area contributed by atoms with Crippen molar-refractivity contribution in [2.24, 2.45) is 0 Å². The van der Waals surface area contributed by atoms with E-state index in [0.29, 0.717) is 33.2 Å². The van der Waals surface area contributed by atoms with Crippen molar-refractivity contribution in [2.75, 3.05) is 11.9 Å². The second-order valence-corrected chi connectivity index (χ2v) is 7.28. The highest BCUT2D eigenvalue weighted by molar-refractivity contribution is 6.30. The summed E-state index contributed by atoms with van der Waals surface area (Å²) < 4.78 is 16.7. The van der Waals surface area contributed by atoms with Crippen molar-refractivity contribution in [1.82, 2.24) is 0 Å². The maximum Gasteiger partial charge on any atom is 0.262 e. The molecule has 6 nitrogen and oxygen atoms in total. The molecule has 0 radical (unpaired) electrons. The van der Waals surface area contributed by atoms with Gasteiger partial charge < -0.3 is 19.2 Å². The summed E-state index contributed by atoms with van der Waals surface area (Å²) in [6.07, 6.45) is 1.27. The summed E-state index contributed by atoms with van der Waals surface area (Å²) in [5, 5.41) is 3.64. The molecule has 0 fully saturated rings. The van der Waals surface area contributed by atoms with Crippen LogP contribution < -0.4 is 20.2 Å². The first-order valence-electron chi connectivity index (χ1n) is 9.46. The fraction of sp³-hybridized carbons (Fsp3) is 0.0833. The third-order valence-electron chi connectivity index (χ3n) is 4.46. The quantitative estimate of drug-likeness (QED) is 0.428. The summed E-state index contributed by atoms with van der Waals surface area (Å²) in [6, 6.07) is 18.8. The van der Waals surface area contributed by atoms with E-state index in [1.807, 2.05) is 19.1 Å². The standard InChI is InChI=1S/C24H18ClNO5/c1-15-2-8-18(9-3-15)31-22-13-30-21-12-19(10-11-20(21)24(22)28)29-14-23(27)26-17-6-4-16(25)5-7-17/h2-13H,14H2,1H3,(H,26,27). The summed E-state index contributed by atoms with van der Waals surface area (Å²) in [7, 11) is 0. The van der Waals surface area contributed by atoms with Crippen LogP contribution in [0.2, 0.25) is 5.02 Å². The highest BCUT2D eigenvalue weighted by Gasteiger charge is 2.11. The van der Waals surface area contributed by atoms with E-state index in [9.17, 15) is 9.59 Å². The molecule has 0 spiro atoms. The van der Waals surface area contributed by atoms with Crippen molar-refractivity contribution < 1.29 is 18.7 Å². The topological polar surface area (TPSA) is 77.8 Å². The van der Waals surface area contributed by atoms with Crippen LogP contribution in [0.4, 0.5) is 5.69 Å². The number of carbonyl (C=O) groups is 1. The minimum atomic E-state index is -0.328. The predicted molar refractivity (Wildman–Crippen MR) is 119 cm³/mol. The van der Waals surface area contributed by atoms with Gasteiger partial charge in [0, 0.05) is 16.8 Å². The lowest BCUT2D eigenvalue weighted by Crippen LogP contribution is -2.20. The summed E-state index contributed by atoms with van der Waals surface area (Å²) in [5.41, 5.74) is 1.74. The number of aryl methyl sites for hydroxylation is 1. The van der Waals surface area contributed by atoms with Crippen LogP contribution in [-0.2, 0) is 4.79 Å². The van der Waals surface area contributed by atoms with E-state index in [4.69, 9.17) is 25.5 Å². The first-order valence-corrected chi connectivity index (χ1v) is 9.84. The molecule has 7 heteroatoms. The van der Waals surface area contributed by atoms with Gasteiger partial charge in [-0.3, -0.25) is 9.59 Å². The largest absolute Gasteiger partial charge is 0.484 e. The molecule has 4 aromatic rings. The molecule has 0 aliphatic carbocycles. The molecule has 0 bridgehead atoms. The average Bonchev–Trinajstić information content (AvgIpc) is 2.77. The molecule has 31 heavy (non-hydrogen) atoms. The smallest absolute Gasteiger partial charge is 0.262 e. The normalized spacial score (nSPS) is 10.6. The molecule has 0 unspecified atom stereocenters. The van der Waals surface area contributed by atoms with Crippen molar-refractivity contribution in [3.8, 4) is 17.2 Å². The lowest BCUT2D eigenvalue weighted by atomic mass is 10.2. The van der Waals surface area contributed by atoms with Crippen molar-refractivity contribution in [1.29, 1.82) is 0 Å². The van der Waals surface area contributed by atoms with E-state index in [1.165, 1.54) is 6.26 Å². The van der Waals surface area contributed by atoms with Crippen LogP contribution >= 0.6 is 11.6 Å². The Morgan fingerprint density at radius 3 is 2.45 bits per heavy atom. The van der Waals surface area contributed by atoms with Gasteiger partial charge in [0.2, 0.25) is 11.2 Å². The van der Waals surface area contributed by atoms with Crippen molar-refractivity contribution >= 4 is 34.2 Å². The van der Waals surface area contributed by atoms with E-state index >= 15 is 0 Å². The number of ether oxygens (including phenoxy) is 2. The first-order chi connectivity index (χ1) is 15.0. The van der Waals surface area contributed by atoms with E-state index in [1.54, 1.807) is 54.6 Å². The van der Waals surface area contributed by atoms with Gasteiger partial charge in [-0.1, -0.05) is 29.3 Å². The molecule has 1 N–H and O–H groups in total. The molecule has 1 amide bonds. The number of nitrogens with one attached hydrogen (secondary N) is 1. The highest BCUT2D eigenvalue weighted by Crippen LogP contribution is 2.24. The van der Waals surface area contributed by atoms with Gasteiger partial charge >= 0.3 is 0 Å². The van der Waals surface area contributed by atoms with Crippen LogP contribution in [0.15, 0.2) is 82.2 Å². The molecule has 1 heterocycles. The maximum atomic E-state index is 12.7. The lowest BCUT2D eigenvalue weighted by molar-refractivity contribution is -0.118. The summed E-state index contributed by atoms with van der Waals surface area (Å²) in [6.45, 7) is 1.77. The maximum absolute atomic E-state index is 12.7. The molecule has 0 atom stereocenters. The van der Waals surface area contributed by atoms with Gasteiger partial charge in [-0.25, -0.2) is 0 Å². The molecule has 0 saturated heterocycles. The average molecular weight is 436 g/mol. The second-order valence-electron chi connectivity index (χ2n) is 6.85. The molecule has 3 aromatic carbocycles. The minimum Gasteiger partial charge on any atom is -0.484 e. The summed E-state index contributed by atoms with van der Waals surface area (Å²) in [5.74, 6) is 0.705. The molecular weight excluding hydrogens is 418 g/mol. The van der Waals surface area contributed by atoms with Crippen LogP contribution in [0.1, 0.15) is 5.56 Å². The Balaban J connectivity index is 1.44. The fourth-order valence-electron chi connectivity index (χ4n) is 2.86. The zero-order valence-electron chi connectivity index (χ0n) is 16.6. The van der Waals surface area contributed by atoms with Gasteiger partial charge in [-0.05, 0) is 55.5 Å². The summed E-state index contributed by atoms with van der Waals surface area (Å²) in [4.78, 5) is 24.8. The Morgan fingerprint density at radius 1 is 1.00 bits per heavy atom. The van der Waals surface area contributed by atoms with Gasteiger partial charge in [-0.15, -0.1) is 0 Å². The Kier molecular flexibility index (Phi) is 5.91. The zero-order chi connectivity index (χ0) is 21.8. The molecule has 1 aromatic heterocycles. The molecule has 0 aliphatic heterocycles. The van der Waals surface area contributed by atoms with E-state index in [2.05, 4.69) is 5.32 Å². The highest BCUT2D eigenvalue weighted by atomic mass is 35.5. The number of rotatable bonds is 6. The fourth-order valence-corrected chi connectivity index (χ4v) is 2.99. The Morgan fingerprint density at radius 2 is 1.71 bits per heavy atom. The molecule has 0 aliphatic rings. The van der Waals surface area contributed by atoms with Crippen molar-refractivity contribution in [3.63, 3.8) is 0 Å². The molecular formula is C24H18ClNO5. The van der Waals surface area contributed by atoms with Crippen LogP contribution in [-0.4, -0.2) is 12.5 Å². The van der Waals surface area contributed by atoms with Gasteiger partial charge in [0.1, 0.15) is 23.3 Å². The summed E-state index contributed by atoms with van der Waals surface area (Å²) >= 11 is 5.83. The van der Waals surface area contributed by atoms with Crippen LogP contribution in [0.5, 0.6) is 17.2 Å². The molecule has 0 saturated carbocycles. The number of hydrogen-bond donors (Lipinski definition) is 1. The van der Waals surface area contributed by atoms with E-state index in [-0.39, 0.29) is 23.7 Å². The van der Waals surface area contributed by atoms with Crippen LogP contribution in [0, 0.1) is 6.92 Å². The van der Waals surface area contributed by atoms with Gasteiger partial charge in [0.05, 0.1) is 5.39 Å². The number of amides is 1. The molecule has 4 rings (SSSR count). The number of halogens is 1. The van der Waals surface area contributed by atoms with E-state index in [0.717, 1.165) is 5.56 Å². The zero-order valence-corrected chi connectivity index (χ0v) is 17.3. The monoisotopic (exact) mass is 435 g/mol. The van der Waals surface area contributed by atoms with Crippen molar-refractivity contribution in [2.45, 2.75) is 6.92 Å². The Hall–Kier alpha value is -3.77. The van der Waals surface area contributed by atoms with Gasteiger partial charge in [0.25, 0.3) is 5.91 Å². The SMILES string of the molecule is Cc1ccc(Oc2coc3cc(OCC(=O)Nc4ccc(Cl)cc4)ccc3c2=O)cc1. The predicted octanol–water partition coefficient (Wildman–Crippen LogP) is 5.56. The van der Waals surface area contributed by atoms with Crippen LogP contribution in [0.3, 0.4) is 0 Å². The number of benzene rings is 3. The van der Waals surface area contributed by atoms with Gasteiger partial charge in [-0.2, -0.15) is 0 Å². The first kappa shape index (κ1) is 20.5.